The van der Waals surface area contributed by atoms with E-state index in [-0.39, 0.29) is 21.5 Å². The number of hydrogen-bond donors (Lipinski definition) is 1. The Morgan fingerprint density at radius 2 is 1.88 bits per heavy atom. The van der Waals surface area contributed by atoms with E-state index in [4.69, 9.17) is 0 Å². The van der Waals surface area contributed by atoms with Crippen molar-refractivity contribution in [1.29, 1.82) is 0 Å². The first-order valence-electron chi connectivity index (χ1n) is 7.27. The monoisotopic (exact) mass is 393 g/mol. The summed E-state index contributed by atoms with van der Waals surface area (Å²) in [4.78, 5) is 14.9. The summed E-state index contributed by atoms with van der Waals surface area (Å²) in [7, 11) is -4.03. The molecule has 0 aliphatic carbocycles. The molecule has 10 heteroatoms. The van der Waals surface area contributed by atoms with Crippen molar-refractivity contribution >= 4 is 32.2 Å². The Kier molecular flexibility index (Phi) is 4.70. The van der Waals surface area contributed by atoms with E-state index in [1.54, 1.807) is 19.1 Å². The normalized spacial score (nSPS) is 11.3. The highest BCUT2D eigenvalue weighted by Gasteiger charge is 2.20. The van der Waals surface area contributed by atoms with Gasteiger partial charge >= 0.3 is 0 Å². The summed E-state index contributed by atoms with van der Waals surface area (Å²) >= 11 is 1.12. The molecule has 2 aromatic carbocycles. The molecule has 0 amide bonds. The number of aryl methyl sites for hydroxylation is 1. The Labute approximate surface area is 152 Å². The number of non-ortho nitro benzene ring substituents is 1. The lowest BCUT2D eigenvalue weighted by Crippen LogP contribution is -2.13. The first-order valence-corrected chi connectivity index (χ1v) is 9.57. The zero-order valence-electron chi connectivity index (χ0n) is 13.3. The van der Waals surface area contributed by atoms with Crippen LogP contribution in [0.3, 0.4) is 0 Å². The van der Waals surface area contributed by atoms with E-state index >= 15 is 0 Å². The number of sulfonamides is 1. The molecular formula is C16H12FN3O4S2. The number of aromatic nitrogens is 1. The minimum atomic E-state index is -4.03. The lowest BCUT2D eigenvalue weighted by molar-refractivity contribution is -0.385. The molecule has 0 radical (unpaired) electrons. The van der Waals surface area contributed by atoms with Crippen LogP contribution in [0.2, 0.25) is 0 Å². The third-order valence-electron chi connectivity index (χ3n) is 3.47. The summed E-state index contributed by atoms with van der Waals surface area (Å²) in [6, 6.07) is 10.4. The average Bonchev–Trinajstić information content (AvgIpc) is 2.95. The summed E-state index contributed by atoms with van der Waals surface area (Å²) in [5.74, 6) is -0.381. The smallest absolute Gasteiger partial charge is 0.258 e. The predicted octanol–water partition coefficient (Wildman–Crippen LogP) is 3.97. The van der Waals surface area contributed by atoms with Crippen LogP contribution < -0.4 is 4.72 Å². The van der Waals surface area contributed by atoms with Crippen molar-refractivity contribution in [3.05, 3.63) is 69.3 Å². The first-order chi connectivity index (χ1) is 12.3. The molecule has 1 heterocycles. The Bertz CT molecular complexity index is 1080. The quantitative estimate of drug-likeness (QED) is 0.522. The van der Waals surface area contributed by atoms with E-state index in [1.807, 2.05) is 0 Å². The van der Waals surface area contributed by atoms with Crippen molar-refractivity contribution in [2.24, 2.45) is 0 Å². The van der Waals surface area contributed by atoms with E-state index in [1.165, 1.54) is 30.3 Å². The molecule has 1 N–H and O–H groups in total. The SMILES string of the molecule is Cc1sc(NS(=O)(=O)c2cccc([N+](=O)[O-])c2)nc1-c1ccc(F)cc1. The second-order valence-corrected chi connectivity index (χ2v) is 8.18. The van der Waals surface area contributed by atoms with Crippen LogP contribution >= 0.6 is 11.3 Å². The fraction of sp³-hybridized carbons (Fsp3) is 0.0625. The summed E-state index contributed by atoms with van der Waals surface area (Å²) in [5, 5.41) is 10.9. The van der Waals surface area contributed by atoms with Gasteiger partial charge in [0.25, 0.3) is 15.7 Å². The van der Waals surface area contributed by atoms with Crippen LogP contribution in [0.25, 0.3) is 11.3 Å². The number of halogens is 1. The van der Waals surface area contributed by atoms with Crippen molar-refractivity contribution in [3.63, 3.8) is 0 Å². The second-order valence-electron chi connectivity index (χ2n) is 5.29. The highest BCUT2D eigenvalue weighted by atomic mass is 32.2. The molecule has 0 aliphatic heterocycles. The third kappa shape index (κ3) is 3.70. The first kappa shape index (κ1) is 18.0. The van der Waals surface area contributed by atoms with Gasteiger partial charge in [-0.25, -0.2) is 17.8 Å². The van der Waals surface area contributed by atoms with Crippen LogP contribution in [-0.4, -0.2) is 18.3 Å². The van der Waals surface area contributed by atoms with Crippen LogP contribution in [0.4, 0.5) is 15.2 Å². The number of nitrogens with one attached hydrogen (secondary N) is 1. The number of hydrogen-bond acceptors (Lipinski definition) is 6. The van der Waals surface area contributed by atoms with E-state index in [2.05, 4.69) is 9.71 Å². The molecule has 0 aliphatic rings. The van der Waals surface area contributed by atoms with Crippen molar-refractivity contribution in [2.75, 3.05) is 4.72 Å². The maximum atomic E-state index is 13.1. The minimum Gasteiger partial charge on any atom is -0.258 e. The molecule has 0 unspecified atom stereocenters. The van der Waals surface area contributed by atoms with E-state index in [0.29, 0.717) is 11.3 Å². The van der Waals surface area contributed by atoms with Gasteiger partial charge in [0.05, 0.1) is 15.5 Å². The van der Waals surface area contributed by atoms with Crippen LogP contribution in [0.1, 0.15) is 4.88 Å². The summed E-state index contributed by atoms with van der Waals surface area (Å²) in [6.45, 7) is 1.77. The Hall–Kier alpha value is -2.85. The Morgan fingerprint density at radius 1 is 1.19 bits per heavy atom. The van der Waals surface area contributed by atoms with Gasteiger partial charge in [-0.2, -0.15) is 0 Å². The molecule has 0 saturated heterocycles. The van der Waals surface area contributed by atoms with Crippen molar-refractivity contribution < 1.29 is 17.7 Å². The lowest BCUT2D eigenvalue weighted by Gasteiger charge is -2.04. The van der Waals surface area contributed by atoms with Crippen molar-refractivity contribution in [2.45, 2.75) is 11.8 Å². The molecule has 7 nitrogen and oxygen atoms in total. The Balaban J connectivity index is 1.91. The molecule has 0 atom stereocenters. The summed E-state index contributed by atoms with van der Waals surface area (Å²) in [6.07, 6.45) is 0. The lowest BCUT2D eigenvalue weighted by atomic mass is 10.1. The number of benzene rings is 2. The van der Waals surface area contributed by atoms with Gasteiger partial charge in [0.1, 0.15) is 5.82 Å². The number of nitro benzene ring substituents is 1. The van der Waals surface area contributed by atoms with Crippen molar-refractivity contribution in [3.8, 4) is 11.3 Å². The Morgan fingerprint density at radius 3 is 2.54 bits per heavy atom. The molecule has 0 spiro atoms. The molecule has 1 aromatic heterocycles. The number of nitro groups is 1. The molecule has 0 bridgehead atoms. The fourth-order valence-electron chi connectivity index (χ4n) is 2.25. The molecule has 3 aromatic rings. The van der Waals surface area contributed by atoms with Gasteiger partial charge in [0.2, 0.25) is 0 Å². The van der Waals surface area contributed by atoms with Crippen molar-refractivity contribution in [1.82, 2.24) is 4.98 Å². The largest absolute Gasteiger partial charge is 0.270 e. The number of rotatable bonds is 5. The number of thiazole rings is 1. The zero-order chi connectivity index (χ0) is 18.9. The standard InChI is InChI=1S/C16H12FN3O4S2/c1-10-15(11-5-7-12(17)8-6-11)18-16(25-10)19-26(23,24)14-4-2-3-13(9-14)20(21)22/h2-9H,1H3,(H,18,19). The topological polar surface area (TPSA) is 102 Å². The molecule has 0 saturated carbocycles. The van der Waals surface area contributed by atoms with Gasteiger partial charge in [-0.05, 0) is 37.3 Å². The maximum Gasteiger partial charge on any atom is 0.270 e. The van der Waals surface area contributed by atoms with Gasteiger partial charge < -0.3 is 0 Å². The molecular weight excluding hydrogens is 381 g/mol. The third-order valence-corrected chi connectivity index (χ3v) is 5.83. The summed E-state index contributed by atoms with van der Waals surface area (Å²) < 4.78 is 40.3. The zero-order valence-corrected chi connectivity index (χ0v) is 15.0. The molecule has 0 fully saturated rings. The summed E-state index contributed by atoms with van der Waals surface area (Å²) in [5.41, 5.74) is 0.864. The molecule has 26 heavy (non-hydrogen) atoms. The molecule has 3 rings (SSSR count). The fourth-order valence-corrected chi connectivity index (χ4v) is 4.36. The highest BCUT2D eigenvalue weighted by Crippen LogP contribution is 2.32. The van der Waals surface area contributed by atoms with Crippen LogP contribution in [-0.2, 0) is 10.0 Å². The average molecular weight is 393 g/mol. The minimum absolute atomic E-state index is 0.119. The van der Waals surface area contributed by atoms with Gasteiger partial charge in [0.15, 0.2) is 5.13 Å². The highest BCUT2D eigenvalue weighted by molar-refractivity contribution is 7.93. The van der Waals surface area contributed by atoms with Crippen LogP contribution in [0, 0.1) is 22.9 Å². The maximum absolute atomic E-state index is 13.1. The number of anilines is 1. The van der Waals surface area contributed by atoms with E-state index in [9.17, 15) is 22.9 Å². The second kappa shape index (κ2) is 6.81. The van der Waals surface area contributed by atoms with Gasteiger partial charge in [-0.1, -0.05) is 6.07 Å². The van der Waals surface area contributed by atoms with E-state index < -0.39 is 14.9 Å². The van der Waals surface area contributed by atoms with Gasteiger partial charge in [-0.15, -0.1) is 11.3 Å². The van der Waals surface area contributed by atoms with Crippen LogP contribution in [0.5, 0.6) is 0 Å². The van der Waals surface area contributed by atoms with Gasteiger partial charge in [0, 0.05) is 22.6 Å². The van der Waals surface area contributed by atoms with E-state index in [0.717, 1.165) is 22.3 Å². The molecule has 134 valence electrons. The number of nitrogens with zero attached hydrogens (tertiary/aromatic N) is 2. The van der Waals surface area contributed by atoms with Crippen LogP contribution in [0.15, 0.2) is 53.4 Å². The van der Waals surface area contributed by atoms with Gasteiger partial charge in [-0.3, -0.25) is 14.8 Å². The predicted molar refractivity (Wildman–Crippen MR) is 96.1 cm³/mol.